The number of rotatable bonds is 7. The molecule has 0 saturated heterocycles. The molecule has 160 valence electrons. The molecular formula is C23H23N3O5. The van der Waals surface area contributed by atoms with Crippen molar-refractivity contribution in [1.82, 2.24) is 15.1 Å². The van der Waals surface area contributed by atoms with E-state index in [-0.39, 0.29) is 18.2 Å². The number of hydrogen-bond acceptors (Lipinski definition) is 5. The van der Waals surface area contributed by atoms with Crippen LogP contribution in [0.4, 0.5) is 0 Å². The summed E-state index contributed by atoms with van der Waals surface area (Å²) in [4.78, 5) is 36.1. The lowest BCUT2D eigenvalue weighted by Crippen LogP contribution is -2.37. The van der Waals surface area contributed by atoms with E-state index in [0.717, 1.165) is 21.4 Å². The first-order chi connectivity index (χ1) is 14.8. The normalized spacial score (nSPS) is 10.8. The Labute approximate surface area is 178 Å². The predicted molar refractivity (Wildman–Crippen MR) is 115 cm³/mol. The fourth-order valence-electron chi connectivity index (χ4n) is 3.18. The number of carboxylic acids is 1. The fraction of sp³-hybridized carbons (Fsp3) is 0.217. The van der Waals surface area contributed by atoms with Crippen LogP contribution in [0.3, 0.4) is 0 Å². The number of aromatic hydroxyl groups is 1. The summed E-state index contributed by atoms with van der Waals surface area (Å²) in [6.45, 7) is 2.95. The number of aromatic nitrogens is 2. The second kappa shape index (κ2) is 9.25. The van der Waals surface area contributed by atoms with E-state index in [1.807, 2.05) is 54.6 Å². The number of aliphatic carboxylic acids is 1. The summed E-state index contributed by atoms with van der Waals surface area (Å²) in [6, 6.07) is 17.3. The van der Waals surface area contributed by atoms with E-state index >= 15 is 0 Å². The van der Waals surface area contributed by atoms with Gasteiger partial charge in [0, 0.05) is 5.92 Å². The zero-order chi connectivity index (χ0) is 22.5. The first kappa shape index (κ1) is 21.8. The monoisotopic (exact) mass is 421 g/mol. The van der Waals surface area contributed by atoms with Crippen molar-refractivity contribution in [1.29, 1.82) is 0 Å². The molecule has 1 aromatic heterocycles. The van der Waals surface area contributed by atoms with E-state index in [9.17, 15) is 19.5 Å². The van der Waals surface area contributed by atoms with Crippen molar-refractivity contribution >= 4 is 11.9 Å². The molecule has 0 aliphatic carbocycles. The first-order valence-electron chi connectivity index (χ1n) is 9.76. The molecule has 1 heterocycles. The third kappa shape index (κ3) is 4.98. The van der Waals surface area contributed by atoms with Crippen molar-refractivity contribution < 1.29 is 19.8 Å². The Kier molecular flexibility index (Phi) is 6.49. The van der Waals surface area contributed by atoms with E-state index in [1.54, 1.807) is 13.8 Å². The summed E-state index contributed by atoms with van der Waals surface area (Å²) in [5.41, 5.74) is 1.64. The van der Waals surface area contributed by atoms with Crippen LogP contribution in [0, 0.1) is 0 Å². The molecule has 1 amide bonds. The zero-order valence-corrected chi connectivity index (χ0v) is 17.2. The number of carboxylic acid groups (broad SMARTS) is 1. The smallest absolute Gasteiger partial charge is 0.322 e. The van der Waals surface area contributed by atoms with Gasteiger partial charge in [-0.3, -0.25) is 14.4 Å². The van der Waals surface area contributed by atoms with Gasteiger partial charge in [-0.1, -0.05) is 62.4 Å². The Morgan fingerprint density at radius 3 is 2.39 bits per heavy atom. The van der Waals surface area contributed by atoms with Gasteiger partial charge in [0.05, 0.1) is 6.54 Å². The number of carbonyl (C=O) groups excluding carboxylic acids is 1. The summed E-state index contributed by atoms with van der Waals surface area (Å²) in [6.07, 6.45) is 0. The Balaban J connectivity index is 2.02. The van der Waals surface area contributed by atoms with Crippen molar-refractivity contribution in [3.8, 4) is 16.9 Å². The molecule has 0 fully saturated rings. The second-order valence-electron chi connectivity index (χ2n) is 7.37. The van der Waals surface area contributed by atoms with Gasteiger partial charge in [0.25, 0.3) is 11.5 Å². The predicted octanol–water partition coefficient (Wildman–Crippen LogP) is 2.60. The van der Waals surface area contributed by atoms with Crippen LogP contribution >= 0.6 is 0 Å². The largest absolute Gasteiger partial charge is 0.505 e. The van der Waals surface area contributed by atoms with E-state index in [4.69, 9.17) is 5.11 Å². The molecule has 8 nitrogen and oxygen atoms in total. The van der Waals surface area contributed by atoms with Crippen LogP contribution in [0.25, 0.3) is 11.1 Å². The first-order valence-corrected chi connectivity index (χ1v) is 9.76. The third-order valence-corrected chi connectivity index (χ3v) is 4.70. The van der Waals surface area contributed by atoms with Gasteiger partial charge < -0.3 is 15.5 Å². The molecule has 31 heavy (non-hydrogen) atoms. The molecule has 0 aliphatic heterocycles. The maximum atomic E-state index is 12.9. The minimum Gasteiger partial charge on any atom is -0.505 e. The van der Waals surface area contributed by atoms with E-state index < -0.39 is 35.3 Å². The zero-order valence-electron chi connectivity index (χ0n) is 17.2. The van der Waals surface area contributed by atoms with Crippen LogP contribution in [0.5, 0.6) is 5.75 Å². The lowest BCUT2D eigenvalue weighted by atomic mass is 10.0. The van der Waals surface area contributed by atoms with Crippen molar-refractivity contribution in [3.05, 3.63) is 81.8 Å². The van der Waals surface area contributed by atoms with Crippen molar-refractivity contribution in [2.75, 3.05) is 6.54 Å². The van der Waals surface area contributed by atoms with Gasteiger partial charge in [0.2, 0.25) is 0 Å². The Bertz CT molecular complexity index is 1170. The standard InChI is InChI=1S/C23H23N3O5/c1-14(2)20-21(29)19(22(30)24-12-18(27)28)23(31)26(25-20)13-15-7-6-10-17(11-15)16-8-4-3-5-9-16/h3-11,14,29H,12-13H2,1-2H3,(H,24,30)(H,27,28). The van der Waals surface area contributed by atoms with Gasteiger partial charge >= 0.3 is 5.97 Å². The fourth-order valence-corrected chi connectivity index (χ4v) is 3.18. The van der Waals surface area contributed by atoms with Gasteiger partial charge in [-0.05, 0) is 22.8 Å². The molecular weight excluding hydrogens is 398 g/mol. The lowest BCUT2D eigenvalue weighted by Gasteiger charge is -2.15. The summed E-state index contributed by atoms with van der Waals surface area (Å²) in [5, 5.41) is 25.7. The van der Waals surface area contributed by atoms with E-state index in [0.29, 0.717) is 0 Å². The molecule has 0 radical (unpaired) electrons. The quantitative estimate of drug-likeness (QED) is 0.539. The van der Waals surface area contributed by atoms with Crippen molar-refractivity contribution in [2.24, 2.45) is 0 Å². The van der Waals surface area contributed by atoms with E-state index in [2.05, 4.69) is 10.4 Å². The summed E-state index contributed by atoms with van der Waals surface area (Å²) < 4.78 is 1.12. The Morgan fingerprint density at radius 2 is 1.74 bits per heavy atom. The van der Waals surface area contributed by atoms with Crippen LogP contribution in [0.15, 0.2) is 59.4 Å². The van der Waals surface area contributed by atoms with Gasteiger partial charge in [0.15, 0.2) is 5.75 Å². The molecule has 0 spiro atoms. The van der Waals surface area contributed by atoms with Crippen LogP contribution in [0.1, 0.15) is 41.4 Å². The highest BCUT2D eigenvalue weighted by Gasteiger charge is 2.24. The number of carbonyl (C=O) groups is 2. The van der Waals surface area contributed by atoms with Crippen LogP contribution < -0.4 is 10.9 Å². The molecule has 0 bridgehead atoms. The highest BCUT2D eigenvalue weighted by Crippen LogP contribution is 2.25. The van der Waals surface area contributed by atoms with Crippen molar-refractivity contribution in [3.63, 3.8) is 0 Å². The average molecular weight is 421 g/mol. The number of amides is 1. The highest BCUT2D eigenvalue weighted by atomic mass is 16.4. The lowest BCUT2D eigenvalue weighted by molar-refractivity contribution is -0.135. The van der Waals surface area contributed by atoms with Crippen LogP contribution in [-0.2, 0) is 11.3 Å². The molecule has 3 aromatic rings. The highest BCUT2D eigenvalue weighted by molar-refractivity contribution is 5.98. The number of nitrogens with one attached hydrogen (secondary N) is 1. The van der Waals surface area contributed by atoms with Gasteiger partial charge in [-0.2, -0.15) is 5.10 Å². The van der Waals surface area contributed by atoms with Gasteiger partial charge in [-0.15, -0.1) is 0 Å². The number of hydrogen-bond donors (Lipinski definition) is 3. The third-order valence-electron chi connectivity index (χ3n) is 4.70. The molecule has 0 unspecified atom stereocenters. The van der Waals surface area contributed by atoms with Gasteiger partial charge in [-0.25, -0.2) is 4.68 Å². The topological polar surface area (TPSA) is 122 Å². The summed E-state index contributed by atoms with van der Waals surface area (Å²) in [5.74, 6) is -3.02. The molecule has 2 aromatic carbocycles. The second-order valence-corrected chi connectivity index (χ2v) is 7.37. The minimum atomic E-state index is -1.26. The molecule has 3 N–H and O–H groups in total. The van der Waals surface area contributed by atoms with Gasteiger partial charge in [0.1, 0.15) is 17.8 Å². The average Bonchev–Trinajstić information content (AvgIpc) is 2.75. The summed E-state index contributed by atoms with van der Waals surface area (Å²) in [7, 11) is 0. The number of benzene rings is 2. The van der Waals surface area contributed by atoms with Crippen molar-refractivity contribution in [2.45, 2.75) is 26.3 Å². The molecule has 3 rings (SSSR count). The Morgan fingerprint density at radius 1 is 1.06 bits per heavy atom. The SMILES string of the molecule is CC(C)c1nn(Cc2cccc(-c3ccccc3)c2)c(=O)c(C(=O)NCC(=O)O)c1O. The molecule has 8 heteroatoms. The maximum absolute atomic E-state index is 12.9. The minimum absolute atomic E-state index is 0.0821. The molecule has 0 aliphatic rings. The number of nitrogens with zero attached hydrogens (tertiary/aromatic N) is 2. The Hall–Kier alpha value is -3.94. The van der Waals surface area contributed by atoms with Crippen LogP contribution in [0.2, 0.25) is 0 Å². The summed E-state index contributed by atoms with van der Waals surface area (Å²) >= 11 is 0. The maximum Gasteiger partial charge on any atom is 0.322 e. The van der Waals surface area contributed by atoms with Crippen LogP contribution in [-0.4, -0.2) is 38.4 Å². The molecule has 0 atom stereocenters. The molecule has 0 saturated carbocycles. The van der Waals surface area contributed by atoms with E-state index in [1.165, 1.54) is 0 Å².